The Morgan fingerprint density at radius 1 is 1.50 bits per heavy atom. The van der Waals surface area contributed by atoms with E-state index in [2.05, 4.69) is 17.1 Å². The Kier molecular flexibility index (Phi) is 5.77. The molecule has 0 aromatic rings. The number of hydrogen-bond acceptors (Lipinski definition) is 3. The summed E-state index contributed by atoms with van der Waals surface area (Å²) in [4.78, 5) is 14.1. The fraction of sp³-hybridized carbons (Fsp3) is 0.917. The first-order chi connectivity index (χ1) is 7.67. The summed E-state index contributed by atoms with van der Waals surface area (Å²) in [7, 11) is 0. The van der Waals surface area contributed by atoms with Crippen molar-refractivity contribution in [2.45, 2.75) is 39.2 Å². The minimum Gasteiger partial charge on any atom is -0.353 e. The van der Waals surface area contributed by atoms with Gasteiger partial charge in [-0.2, -0.15) is 0 Å². The van der Waals surface area contributed by atoms with Gasteiger partial charge in [-0.25, -0.2) is 0 Å². The van der Waals surface area contributed by atoms with Crippen molar-refractivity contribution in [3.05, 3.63) is 0 Å². The highest BCUT2D eigenvalue weighted by molar-refractivity contribution is 5.78. The fourth-order valence-electron chi connectivity index (χ4n) is 2.07. The average molecular weight is 227 g/mol. The lowest BCUT2D eigenvalue weighted by Crippen LogP contribution is -2.46. The van der Waals surface area contributed by atoms with E-state index in [1.165, 1.54) is 13.0 Å². The largest absolute Gasteiger partial charge is 0.353 e. The van der Waals surface area contributed by atoms with Crippen LogP contribution in [0.1, 0.15) is 33.1 Å². The first kappa shape index (κ1) is 13.5. The molecule has 16 heavy (non-hydrogen) atoms. The van der Waals surface area contributed by atoms with E-state index in [1.54, 1.807) is 0 Å². The first-order valence-corrected chi connectivity index (χ1v) is 6.40. The van der Waals surface area contributed by atoms with Crippen LogP contribution in [-0.4, -0.2) is 43.0 Å². The summed E-state index contributed by atoms with van der Waals surface area (Å²) in [6.07, 6.45) is 3.35. The van der Waals surface area contributed by atoms with Crippen LogP contribution in [0.2, 0.25) is 0 Å². The summed E-state index contributed by atoms with van der Waals surface area (Å²) in [6, 6.07) is 0.356. The highest BCUT2D eigenvalue weighted by Gasteiger charge is 2.21. The van der Waals surface area contributed by atoms with Crippen LogP contribution in [0.4, 0.5) is 0 Å². The van der Waals surface area contributed by atoms with Crippen LogP contribution in [0, 0.1) is 5.92 Å². The molecular weight excluding hydrogens is 202 g/mol. The molecule has 0 radical (unpaired) electrons. The Hall–Kier alpha value is -0.610. The van der Waals surface area contributed by atoms with Crippen molar-refractivity contribution < 1.29 is 4.79 Å². The van der Waals surface area contributed by atoms with E-state index in [9.17, 15) is 4.79 Å². The van der Waals surface area contributed by atoms with E-state index in [0.717, 1.165) is 25.9 Å². The quantitative estimate of drug-likeness (QED) is 0.722. The second kappa shape index (κ2) is 6.86. The lowest BCUT2D eigenvalue weighted by molar-refractivity contribution is -0.125. The molecule has 0 spiro atoms. The number of nitrogens with zero attached hydrogens (tertiary/aromatic N) is 1. The molecule has 0 bridgehead atoms. The lowest BCUT2D eigenvalue weighted by Gasteiger charge is -2.32. The van der Waals surface area contributed by atoms with Gasteiger partial charge in [-0.15, -0.1) is 0 Å². The number of amides is 1. The Bertz CT molecular complexity index is 212. The van der Waals surface area contributed by atoms with E-state index in [-0.39, 0.29) is 11.8 Å². The van der Waals surface area contributed by atoms with Crippen molar-refractivity contribution >= 4 is 5.91 Å². The monoisotopic (exact) mass is 227 g/mol. The molecule has 1 fully saturated rings. The van der Waals surface area contributed by atoms with Gasteiger partial charge in [0.1, 0.15) is 0 Å². The van der Waals surface area contributed by atoms with Gasteiger partial charge < -0.3 is 16.0 Å². The molecule has 1 heterocycles. The molecule has 1 atom stereocenters. The van der Waals surface area contributed by atoms with Crippen LogP contribution in [0.15, 0.2) is 0 Å². The van der Waals surface area contributed by atoms with Gasteiger partial charge in [0, 0.05) is 31.6 Å². The average Bonchev–Trinajstić information content (AvgIpc) is 2.31. The number of nitrogens with one attached hydrogen (secondary N) is 1. The van der Waals surface area contributed by atoms with Gasteiger partial charge in [-0.1, -0.05) is 13.8 Å². The second-order valence-corrected chi connectivity index (χ2v) is 4.76. The maximum atomic E-state index is 11.6. The van der Waals surface area contributed by atoms with Crippen LogP contribution in [0.5, 0.6) is 0 Å². The summed E-state index contributed by atoms with van der Waals surface area (Å²) < 4.78 is 0. The van der Waals surface area contributed by atoms with Crippen LogP contribution in [0.3, 0.4) is 0 Å². The second-order valence-electron chi connectivity index (χ2n) is 4.76. The van der Waals surface area contributed by atoms with E-state index in [0.29, 0.717) is 12.6 Å². The Morgan fingerprint density at radius 3 is 2.62 bits per heavy atom. The Balaban J connectivity index is 2.24. The molecule has 1 aliphatic rings. The van der Waals surface area contributed by atoms with Gasteiger partial charge in [0.15, 0.2) is 0 Å². The maximum Gasteiger partial charge on any atom is 0.224 e. The SMILES string of the molecule is CCCN1CCC(NC(=O)C(C)CN)CC1. The van der Waals surface area contributed by atoms with Crippen molar-refractivity contribution in [1.29, 1.82) is 0 Å². The van der Waals surface area contributed by atoms with Crippen LogP contribution >= 0.6 is 0 Å². The fourth-order valence-corrected chi connectivity index (χ4v) is 2.07. The van der Waals surface area contributed by atoms with E-state index >= 15 is 0 Å². The smallest absolute Gasteiger partial charge is 0.224 e. The molecule has 0 aromatic carbocycles. The minimum absolute atomic E-state index is 0.0614. The number of carbonyl (C=O) groups excluding carboxylic acids is 1. The molecule has 4 heteroatoms. The summed E-state index contributed by atoms with van der Waals surface area (Å²) in [5.41, 5.74) is 5.47. The van der Waals surface area contributed by atoms with Crippen molar-refractivity contribution in [1.82, 2.24) is 10.2 Å². The van der Waals surface area contributed by atoms with Crippen LogP contribution in [0.25, 0.3) is 0 Å². The topological polar surface area (TPSA) is 58.4 Å². The molecule has 4 nitrogen and oxygen atoms in total. The molecule has 1 amide bonds. The minimum atomic E-state index is -0.0614. The van der Waals surface area contributed by atoms with E-state index in [1.807, 2.05) is 6.92 Å². The number of nitrogens with two attached hydrogens (primary N) is 1. The predicted octanol–water partition coefficient (Wildman–Crippen LogP) is 0.572. The zero-order chi connectivity index (χ0) is 12.0. The summed E-state index contributed by atoms with van der Waals surface area (Å²) in [5.74, 6) is 0.0464. The summed E-state index contributed by atoms with van der Waals surface area (Å²) in [6.45, 7) is 7.91. The first-order valence-electron chi connectivity index (χ1n) is 6.40. The van der Waals surface area contributed by atoms with E-state index < -0.39 is 0 Å². The summed E-state index contributed by atoms with van der Waals surface area (Å²) in [5, 5.41) is 3.09. The highest BCUT2D eigenvalue weighted by atomic mass is 16.1. The highest BCUT2D eigenvalue weighted by Crippen LogP contribution is 2.11. The third kappa shape index (κ3) is 4.10. The van der Waals surface area contributed by atoms with Crippen molar-refractivity contribution in [2.24, 2.45) is 11.7 Å². The van der Waals surface area contributed by atoms with Gasteiger partial charge >= 0.3 is 0 Å². The molecule has 1 unspecified atom stereocenters. The predicted molar refractivity (Wildman–Crippen MR) is 66.1 cm³/mol. The van der Waals surface area contributed by atoms with Gasteiger partial charge in [-0.05, 0) is 25.8 Å². The van der Waals surface area contributed by atoms with Gasteiger partial charge in [0.25, 0.3) is 0 Å². The van der Waals surface area contributed by atoms with Crippen molar-refractivity contribution in [3.8, 4) is 0 Å². The standard InChI is InChI=1S/C12H25N3O/c1-3-6-15-7-4-11(5-8-15)14-12(16)10(2)9-13/h10-11H,3-9,13H2,1-2H3,(H,14,16). The zero-order valence-corrected chi connectivity index (χ0v) is 10.5. The normalized spacial score (nSPS) is 20.7. The molecule has 94 valence electrons. The van der Waals surface area contributed by atoms with Gasteiger partial charge in [-0.3, -0.25) is 4.79 Å². The van der Waals surface area contributed by atoms with Gasteiger partial charge in [0.05, 0.1) is 0 Å². The maximum absolute atomic E-state index is 11.6. The Labute approximate surface area is 98.6 Å². The van der Waals surface area contributed by atoms with Crippen LogP contribution in [-0.2, 0) is 4.79 Å². The summed E-state index contributed by atoms with van der Waals surface area (Å²) >= 11 is 0. The van der Waals surface area contributed by atoms with Gasteiger partial charge in [0.2, 0.25) is 5.91 Å². The van der Waals surface area contributed by atoms with Crippen molar-refractivity contribution in [2.75, 3.05) is 26.2 Å². The number of likely N-dealkylation sites (tertiary alicyclic amines) is 1. The van der Waals surface area contributed by atoms with E-state index in [4.69, 9.17) is 5.73 Å². The van der Waals surface area contributed by atoms with Crippen molar-refractivity contribution in [3.63, 3.8) is 0 Å². The third-order valence-electron chi connectivity index (χ3n) is 3.27. The van der Waals surface area contributed by atoms with Crippen LogP contribution < -0.4 is 11.1 Å². The third-order valence-corrected chi connectivity index (χ3v) is 3.27. The number of carbonyl (C=O) groups is 1. The molecule has 0 aromatic heterocycles. The molecule has 0 saturated carbocycles. The molecule has 1 rings (SSSR count). The molecule has 0 aliphatic carbocycles. The zero-order valence-electron chi connectivity index (χ0n) is 10.5. The molecule has 3 N–H and O–H groups in total. The number of piperidine rings is 1. The lowest BCUT2D eigenvalue weighted by atomic mass is 10.0. The molecular formula is C12H25N3O. The number of rotatable bonds is 5. The molecule has 1 aliphatic heterocycles. The molecule has 1 saturated heterocycles. The Morgan fingerprint density at radius 2 is 2.12 bits per heavy atom. The number of hydrogen-bond donors (Lipinski definition) is 2.